The summed E-state index contributed by atoms with van der Waals surface area (Å²) in [6.45, 7) is 0.152. The highest BCUT2D eigenvalue weighted by molar-refractivity contribution is 7.99. The molecule has 0 spiro atoms. The summed E-state index contributed by atoms with van der Waals surface area (Å²) in [5.74, 6) is -3.36. The van der Waals surface area contributed by atoms with Crippen LogP contribution in [0.1, 0.15) is 28.8 Å². The van der Waals surface area contributed by atoms with Crippen LogP contribution in [-0.2, 0) is 16.1 Å². The highest BCUT2D eigenvalue weighted by atomic mass is 32.2. The number of carbonyl (C=O) groups excluding carboxylic acids is 3. The number of benzene rings is 2. The van der Waals surface area contributed by atoms with Gasteiger partial charge >= 0.3 is 6.18 Å². The number of rotatable bonds is 12. The normalized spacial score (nSPS) is 12.2. The number of pyridine rings is 1. The Morgan fingerprint density at radius 2 is 1.82 bits per heavy atom. The first-order valence-corrected chi connectivity index (χ1v) is 13.3. The van der Waals surface area contributed by atoms with Crippen LogP contribution < -0.4 is 10.6 Å². The summed E-state index contributed by atoms with van der Waals surface area (Å²) in [6.07, 6.45) is -1.50. The van der Waals surface area contributed by atoms with Crippen LogP contribution >= 0.6 is 11.8 Å². The van der Waals surface area contributed by atoms with Gasteiger partial charge in [0, 0.05) is 18.1 Å². The highest BCUT2D eigenvalue weighted by Gasteiger charge is 2.37. The molecular formula is C26H24F3N7O3S. The largest absolute Gasteiger partial charge is 0.450 e. The van der Waals surface area contributed by atoms with E-state index >= 15 is 0 Å². The number of fused-ring (bicyclic) bond motifs is 1. The Labute approximate surface area is 230 Å². The number of amides is 2. The molecule has 1 atom stereocenters. The third-order valence-corrected chi connectivity index (χ3v) is 6.85. The molecule has 0 saturated heterocycles. The van der Waals surface area contributed by atoms with E-state index in [4.69, 9.17) is 0 Å². The Bertz CT molecular complexity index is 1480. The van der Waals surface area contributed by atoms with Gasteiger partial charge in [-0.15, -0.1) is 5.10 Å². The molecule has 2 aromatic heterocycles. The fourth-order valence-corrected chi connectivity index (χ4v) is 4.67. The monoisotopic (exact) mass is 571 g/mol. The maximum absolute atomic E-state index is 13.2. The predicted octanol–water partition coefficient (Wildman–Crippen LogP) is 3.27. The van der Waals surface area contributed by atoms with Crippen LogP contribution in [0.5, 0.6) is 0 Å². The molecule has 0 aliphatic heterocycles. The Morgan fingerprint density at radius 1 is 1.05 bits per heavy atom. The van der Waals surface area contributed by atoms with E-state index in [0.717, 1.165) is 28.2 Å². The molecule has 0 unspecified atom stereocenters. The molecule has 4 rings (SSSR count). The zero-order valence-electron chi connectivity index (χ0n) is 21.0. The van der Waals surface area contributed by atoms with E-state index < -0.39 is 35.6 Å². The van der Waals surface area contributed by atoms with Crippen molar-refractivity contribution in [1.29, 1.82) is 0 Å². The van der Waals surface area contributed by atoms with Gasteiger partial charge in [0.15, 0.2) is 0 Å². The molecule has 14 heteroatoms. The Morgan fingerprint density at radius 3 is 2.60 bits per heavy atom. The third-order valence-electron chi connectivity index (χ3n) is 5.81. The van der Waals surface area contributed by atoms with Crippen LogP contribution in [-0.4, -0.2) is 66.5 Å². The molecule has 0 fully saturated rings. The van der Waals surface area contributed by atoms with Crippen LogP contribution in [0.15, 0.2) is 67.1 Å². The maximum Gasteiger partial charge on any atom is 0.450 e. The molecular weight excluding hydrogens is 547 g/mol. The molecule has 208 valence electrons. The number of carbonyl (C=O) groups is 3. The molecule has 4 aromatic rings. The molecule has 2 N–H and O–H groups in total. The van der Waals surface area contributed by atoms with Gasteiger partial charge in [-0.1, -0.05) is 30.3 Å². The maximum atomic E-state index is 13.2. The SMILES string of the molecule is O=C(N[C@@H](CCCSCC(=O)C(F)(F)F)C(=O)NCc1cnc2ccccc2c1)c1ccccc1-n1cnnn1. The van der Waals surface area contributed by atoms with Crippen LogP contribution in [0.3, 0.4) is 0 Å². The van der Waals surface area contributed by atoms with Crippen molar-refractivity contribution in [2.24, 2.45) is 0 Å². The smallest absolute Gasteiger partial charge is 0.350 e. The number of nitrogens with zero attached hydrogens (tertiary/aromatic N) is 5. The van der Waals surface area contributed by atoms with Crippen molar-refractivity contribution in [1.82, 2.24) is 35.8 Å². The zero-order chi connectivity index (χ0) is 28.5. The lowest BCUT2D eigenvalue weighted by molar-refractivity contribution is -0.167. The number of hydrogen-bond donors (Lipinski definition) is 2. The van der Waals surface area contributed by atoms with Crippen LogP contribution in [0.4, 0.5) is 13.2 Å². The molecule has 0 aliphatic carbocycles. The van der Waals surface area contributed by atoms with Gasteiger partial charge in [-0.3, -0.25) is 19.4 Å². The van der Waals surface area contributed by atoms with E-state index in [0.29, 0.717) is 5.69 Å². The Hall–Kier alpha value is -4.33. The fraction of sp³-hybridized carbons (Fsp3) is 0.269. The van der Waals surface area contributed by atoms with Crippen molar-refractivity contribution in [2.45, 2.75) is 31.6 Å². The first kappa shape index (κ1) is 28.7. The first-order valence-electron chi connectivity index (χ1n) is 12.1. The number of aromatic nitrogens is 5. The van der Waals surface area contributed by atoms with E-state index in [1.54, 1.807) is 30.5 Å². The number of nitrogens with one attached hydrogen (secondary N) is 2. The molecule has 0 saturated carbocycles. The summed E-state index contributed by atoms with van der Waals surface area (Å²) < 4.78 is 38.7. The lowest BCUT2D eigenvalue weighted by atomic mass is 10.1. The molecule has 2 amide bonds. The van der Waals surface area contributed by atoms with Crippen LogP contribution in [0, 0.1) is 0 Å². The second-order valence-corrected chi connectivity index (χ2v) is 9.77. The van der Waals surface area contributed by atoms with Crippen molar-refractivity contribution in [3.8, 4) is 5.69 Å². The predicted molar refractivity (Wildman–Crippen MR) is 142 cm³/mol. The van der Waals surface area contributed by atoms with Crippen molar-refractivity contribution < 1.29 is 27.6 Å². The Balaban J connectivity index is 1.43. The lowest BCUT2D eigenvalue weighted by Gasteiger charge is -2.19. The van der Waals surface area contributed by atoms with Gasteiger partial charge in [-0.2, -0.15) is 29.6 Å². The van der Waals surface area contributed by atoms with E-state index in [1.165, 1.54) is 11.0 Å². The van der Waals surface area contributed by atoms with Crippen molar-refractivity contribution in [2.75, 3.05) is 11.5 Å². The second kappa shape index (κ2) is 13.2. The average molecular weight is 572 g/mol. The van der Waals surface area contributed by atoms with Crippen molar-refractivity contribution >= 4 is 40.3 Å². The summed E-state index contributed by atoms with van der Waals surface area (Å²) in [7, 11) is 0. The number of ketones is 1. The van der Waals surface area contributed by atoms with E-state index in [2.05, 4.69) is 31.1 Å². The minimum atomic E-state index is -4.88. The standard InChI is InChI=1S/C26H24F3N7O3S/c27-26(28,29)23(37)15-40-11-5-9-21(25(39)31-14-17-12-18-6-1-3-8-20(18)30-13-17)33-24(38)19-7-2-4-10-22(19)36-16-32-34-35-36/h1-4,6-8,10,12-13,16,21H,5,9,11,14-15H2,(H,31,39)(H,33,38)/t21-/m0/s1. The average Bonchev–Trinajstić information content (AvgIpc) is 3.49. The molecule has 0 bridgehead atoms. The third kappa shape index (κ3) is 7.62. The first-order chi connectivity index (χ1) is 19.2. The minimum Gasteiger partial charge on any atom is -0.350 e. The van der Waals surface area contributed by atoms with E-state index in [9.17, 15) is 27.6 Å². The molecule has 10 nitrogen and oxygen atoms in total. The highest BCUT2D eigenvalue weighted by Crippen LogP contribution is 2.20. The molecule has 40 heavy (non-hydrogen) atoms. The van der Waals surface area contributed by atoms with E-state index in [1.807, 2.05) is 30.3 Å². The van der Waals surface area contributed by atoms with Crippen molar-refractivity contribution in [3.05, 3.63) is 78.2 Å². The molecule has 2 heterocycles. The number of halogens is 3. The molecule has 0 aliphatic rings. The summed E-state index contributed by atoms with van der Waals surface area (Å²) in [4.78, 5) is 41.9. The number of Topliss-reactive ketones (excluding diaryl/α,β-unsaturated/α-hetero) is 1. The molecule has 2 aromatic carbocycles. The number of tetrazole rings is 1. The second-order valence-electron chi connectivity index (χ2n) is 8.67. The van der Waals surface area contributed by atoms with Gasteiger partial charge in [0.1, 0.15) is 12.4 Å². The minimum absolute atomic E-state index is 0.133. The Kier molecular flexibility index (Phi) is 9.43. The van der Waals surface area contributed by atoms with Gasteiger partial charge in [0.25, 0.3) is 5.91 Å². The van der Waals surface area contributed by atoms with Gasteiger partial charge in [-0.25, -0.2) is 0 Å². The zero-order valence-corrected chi connectivity index (χ0v) is 21.8. The lowest BCUT2D eigenvalue weighted by Crippen LogP contribution is -2.46. The van der Waals surface area contributed by atoms with Crippen LogP contribution in [0.25, 0.3) is 16.6 Å². The topological polar surface area (TPSA) is 132 Å². The van der Waals surface area contributed by atoms with Crippen LogP contribution in [0.2, 0.25) is 0 Å². The number of para-hydroxylation sites is 2. The van der Waals surface area contributed by atoms with Gasteiger partial charge in [0.05, 0.1) is 22.5 Å². The van der Waals surface area contributed by atoms with Gasteiger partial charge in [-0.05, 0) is 58.9 Å². The van der Waals surface area contributed by atoms with E-state index in [-0.39, 0.29) is 30.7 Å². The molecule has 0 radical (unpaired) electrons. The number of hydrogen-bond acceptors (Lipinski definition) is 8. The summed E-state index contributed by atoms with van der Waals surface area (Å²) in [5, 5.41) is 17.4. The fourth-order valence-electron chi connectivity index (χ4n) is 3.80. The number of thioether (sulfide) groups is 1. The van der Waals surface area contributed by atoms with Gasteiger partial charge in [0.2, 0.25) is 11.7 Å². The quantitative estimate of drug-likeness (QED) is 0.248. The summed E-state index contributed by atoms with van der Waals surface area (Å²) in [5.41, 5.74) is 2.18. The summed E-state index contributed by atoms with van der Waals surface area (Å²) in [6, 6.07) is 15.0. The van der Waals surface area contributed by atoms with Crippen molar-refractivity contribution in [3.63, 3.8) is 0 Å². The summed E-state index contributed by atoms with van der Waals surface area (Å²) >= 11 is 0.822. The number of alkyl halides is 3. The van der Waals surface area contributed by atoms with Gasteiger partial charge < -0.3 is 10.6 Å².